The summed E-state index contributed by atoms with van der Waals surface area (Å²) in [5, 5.41) is 6.13. The van der Waals surface area contributed by atoms with E-state index >= 15 is 0 Å². The van der Waals surface area contributed by atoms with Crippen molar-refractivity contribution >= 4 is 17.9 Å². The van der Waals surface area contributed by atoms with Crippen molar-refractivity contribution in [2.45, 2.75) is 123 Å². The molecule has 3 atom stereocenters. The van der Waals surface area contributed by atoms with Gasteiger partial charge in [0, 0.05) is 18.5 Å². The maximum absolute atomic E-state index is 14.6. The largest absolute Gasteiger partial charge is 0.444 e. The van der Waals surface area contributed by atoms with E-state index in [0.717, 1.165) is 47.9 Å². The highest BCUT2D eigenvalue weighted by atomic mass is 16.6. The second-order valence-electron chi connectivity index (χ2n) is 12.5. The predicted octanol–water partition coefficient (Wildman–Crippen LogP) is 6.56. The van der Waals surface area contributed by atoms with Crippen LogP contribution < -0.4 is 10.6 Å². The zero-order valence-corrected chi connectivity index (χ0v) is 26.0. The smallest absolute Gasteiger partial charge is 0.408 e. The molecule has 0 aromatic heterocycles. The van der Waals surface area contributed by atoms with Crippen molar-refractivity contribution in [3.05, 3.63) is 70.8 Å². The van der Waals surface area contributed by atoms with Gasteiger partial charge in [-0.15, -0.1) is 0 Å². The lowest BCUT2D eigenvalue weighted by atomic mass is 9.93. The van der Waals surface area contributed by atoms with Gasteiger partial charge in [0.2, 0.25) is 11.8 Å². The summed E-state index contributed by atoms with van der Waals surface area (Å²) in [6.45, 7) is 13.4. The minimum atomic E-state index is -0.919. The maximum atomic E-state index is 14.6. The van der Waals surface area contributed by atoms with Crippen molar-refractivity contribution in [3.8, 4) is 0 Å². The first kappa shape index (κ1) is 32.2. The van der Waals surface area contributed by atoms with E-state index in [2.05, 4.69) is 10.6 Å². The number of nitrogens with one attached hydrogen (secondary N) is 2. The lowest BCUT2D eigenvalue weighted by Crippen LogP contribution is -2.56. The highest BCUT2D eigenvalue weighted by molar-refractivity contribution is 5.92. The lowest BCUT2D eigenvalue weighted by Gasteiger charge is -2.39. The Morgan fingerprint density at radius 1 is 0.976 bits per heavy atom. The minimum absolute atomic E-state index is 0.0965. The van der Waals surface area contributed by atoms with Crippen molar-refractivity contribution in [2.75, 3.05) is 0 Å². The van der Waals surface area contributed by atoms with Gasteiger partial charge in [0.25, 0.3) is 0 Å². The van der Waals surface area contributed by atoms with Crippen molar-refractivity contribution in [1.29, 1.82) is 0 Å². The Hall–Kier alpha value is -3.35. The van der Waals surface area contributed by atoms with Crippen molar-refractivity contribution < 1.29 is 19.1 Å². The molecule has 3 amide bonds. The summed E-state index contributed by atoms with van der Waals surface area (Å²) < 4.78 is 5.54. The second-order valence-corrected chi connectivity index (χ2v) is 12.5. The normalized spacial score (nSPS) is 16.3. The van der Waals surface area contributed by atoms with Crippen molar-refractivity contribution in [1.82, 2.24) is 15.5 Å². The number of nitrogens with zero attached hydrogens (tertiary/aromatic N) is 1. The Labute approximate surface area is 246 Å². The van der Waals surface area contributed by atoms with Crippen LogP contribution in [-0.2, 0) is 20.7 Å². The van der Waals surface area contributed by atoms with Gasteiger partial charge in [-0.3, -0.25) is 9.59 Å². The van der Waals surface area contributed by atoms with Gasteiger partial charge in [0.1, 0.15) is 17.7 Å². The van der Waals surface area contributed by atoms with Crippen LogP contribution >= 0.6 is 0 Å². The molecular formula is C34H49N3O4. The molecule has 224 valence electrons. The summed E-state index contributed by atoms with van der Waals surface area (Å²) >= 11 is 0. The molecule has 0 spiro atoms. The van der Waals surface area contributed by atoms with E-state index in [0.29, 0.717) is 6.42 Å². The fourth-order valence-corrected chi connectivity index (χ4v) is 5.38. The van der Waals surface area contributed by atoms with Crippen molar-refractivity contribution in [3.63, 3.8) is 0 Å². The fraction of sp³-hybridized carbons (Fsp3) is 0.559. The van der Waals surface area contributed by atoms with E-state index in [4.69, 9.17) is 4.74 Å². The molecule has 0 saturated heterocycles. The summed E-state index contributed by atoms with van der Waals surface area (Å²) in [7, 11) is 0. The first-order valence-corrected chi connectivity index (χ1v) is 15.1. The van der Waals surface area contributed by atoms with Gasteiger partial charge < -0.3 is 20.3 Å². The standard InChI is InChI=1S/C34H49N3O4/c1-8-25(4)37(32(39)29(22-26-15-11-9-12-16-26)36-33(40)41-34(5,6)7)30(27-20-19-23(2)24(3)21-27)31(38)35-28-17-13-10-14-18-28/h9,11-12,15-16,19-21,25,28-30H,8,10,13-14,17-18,22H2,1-7H3,(H,35,38)(H,36,40). The molecule has 2 aromatic rings. The fourth-order valence-electron chi connectivity index (χ4n) is 5.38. The molecule has 7 heteroatoms. The summed E-state index contributed by atoms with van der Waals surface area (Å²) in [4.78, 5) is 43.4. The second kappa shape index (κ2) is 14.5. The number of carbonyl (C=O) groups excluding carboxylic acids is 3. The van der Waals surface area contributed by atoms with Gasteiger partial charge >= 0.3 is 6.09 Å². The molecular weight excluding hydrogens is 514 g/mol. The Morgan fingerprint density at radius 3 is 2.22 bits per heavy atom. The van der Waals surface area contributed by atoms with Crippen LogP contribution in [0.4, 0.5) is 4.79 Å². The molecule has 0 bridgehead atoms. The third-order valence-electron chi connectivity index (χ3n) is 7.92. The number of ether oxygens (including phenoxy) is 1. The molecule has 1 aliphatic carbocycles. The van der Waals surface area contributed by atoms with E-state index in [9.17, 15) is 14.4 Å². The number of carbonyl (C=O) groups is 3. The highest BCUT2D eigenvalue weighted by Crippen LogP contribution is 2.29. The summed E-state index contributed by atoms with van der Waals surface area (Å²) in [6.07, 6.45) is 5.51. The molecule has 7 nitrogen and oxygen atoms in total. The number of amides is 3. The molecule has 1 saturated carbocycles. The average molecular weight is 564 g/mol. The lowest BCUT2D eigenvalue weighted by molar-refractivity contribution is -0.145. The number of rotatable bonds is 10. The average Bonchev–Trinajstić information content (AvgIpc) is 2.92. The summed E-state index contributed by atoms with van der Waals surface area (Å²) in [5.74, 6) is -0.486. The molecule has 2 N–H and O–H groups in total. The van der Waals surface area contributed by atoms with E-state index in [1.165, 1.54) is 6.42 Å². The molecule has 41 heavy (non-hydrogen) atoms. The van der Waals surface area contributed by atoms with E-state index in [1.807, 2.05) is 76.2 Å². The zero-order chi connectivity index (χ0) is 30.2. The van der Waals surface area contributed by atoms with E-state index < -0.39 is 23.8 Å². The number of alkyl carbamates (subject to hydrolysis) is 1. The van der Waals surface area contributed by atoms with Gasteiger partial charge in [0.15, 0.2) is 0 Å². The Bertz CT molecular complexity index is 1170. The first-order chi connectivity index (χ1) is 19.4. The van der Waals surface area contributed by atoms with Gasteiger partial charge in [-0.05, 0) is 83.1 Å². The molecule has 2 aromatic carbocycles. The Morgan fingerprint density at radius 2 is 1.63 bits per heavy atom. The first-order valence-electron chi connectivity index (χ1n) is 15.1. The Kier molecular flexibility index (Phi) is 11.4. The number of aryl methyl sites for hydroxylation is 2. The summed E-state index contributed by atoms with van der Waals surface area (Å²) in [5.41, 5.74) is 3.13. The number of hydrogen-bond donors (Lipinski definition) is 2. The third kappa shape index (κ3) is 9.34. The van der Waals surface area contributed by atoms with Gasteiger partial charge in [-0.1, -0.05) is 74.7 Å². The van der Waals surface area contributed by atoms with E-state index in [-0.39, 0.29) is 30.3 Å². The predicted molar refractivity (Wildman–Crippen MR) is 164 cm³/mol. The van der Waals surface area contributed by atoms with Crippen LogP contribution in [0.2, 0.25) is 0 Å². The van der Waals surface area contributed by atoms with Gasteiger partial charge in [-0.2, -0.15) is 0 Å². The molecule has 1 fully saturated rings. The van der Waals surface area contributed by atoms with Crippen LogP contribution in [0.5, 0.6) is 0 Å². The SMILES string of the molecule is CCC(C)N(C(=O)C(Cc1ccccc1)NC(=O)OC(C)(C)C)C(C(=O)NC1CCCCC1)c1ccc(C)c(C)c1. The minimum Gasteiger partial charge on any atom is -0.444 e. The maximum Gasteiger partial charge on any atom is 0.408 e. The third-order valence-corrected chi connectivity index (χ3v) is 7.92. The summed E-state index contributed by atoms with van der Waals surface area (Å²) in [6, 6.07) is 13.6. The quantitative estimate of drug-likeness (QED) is 0.343. The monoisotopic (exact) mass is 563 g/mol. The van der Waals surface area contributed by atoms with Gasteiger partial charge in [-0.25, -0.2) is 4.79 Å². The van der Waals surface area contributed by atoms with Crippen LogP contribution in [0.25, 0.3) is 0 Å². The highest BCUT2D eigenvalue weighted by Gasteiger charge is 2.39. The van der Waals surface area contributed by atoms with Crippen molar-refractivity contribution in [2.24, 2.45) is 0 Å². The van der Waals surface area contributed by atoms with E-state index in [1.54, 1.807) is 25.7 Å². The van der Waals surface area contributed by atoms with Crippen LogP contribution in [0.3, 0.4) is 0 Å². The van der Waals surface area contributed by atoms with Crippen LogP contribution in [0.15, 0.2) is 48.5 Å². The topological polar surface area (TPSA) is 87.7 Å². The van der Waals surface area contributed by atoms with Crippen LogP contribution in [0.1, 0.15) is 101 Å². The van der Waals surface area contributed by atoms with Crippen LogP contribution in [-0.4, -0.2) is 46.5 Å². The number of hydrogen-bond acceptors (Lipinski definition) is 4. The molecule has 3 rings (SSSR count). The molecule has 3 unspecified atom stereocenters. The molecule has 0 heterocycles. The Balaban J connectivity index is 2.05. The molecule has 1 aliphatic rings. The molecule has 0 aliphatic heterocycles. The zero-order valence-electron chi connectivity index (χ0n) is 26.0. The number of benzene rings is 2. The van der Waals surface area contributed by atoms with Crippen LogP contribution in [0, 0.1) is 13.8 Å². The van der Waals surface area contributed by atoms with Gasteiger partial charge in [0.05, 0.1) is 0 Å². The molecule has 0 radical (unpaired) electrons.